The minimum absolute atomic E-state index is 0.566. The van der Waals surface area contributed by atoms with Crippen molar-refractivity contribution in [3.8, 4) is 0 Å². The van der Waals surface area contributed by atoms with Crippen LogP contribution in [0.4, 0.5) is 0 Å². The summed E-state index contributed by atoms with van der Waals surface area (Å²) in [6.45, 7) is 5.50. The van der Waals surface area contributed by atoms with Crippen LogP contribution in [-0.4, -0.2) is 30.1 Å². The van der Waals surface area contributed by atoms with Crippen LogP contribution in [0.3, 0.4) is 0 Å². The van der Waals surface area contributed by atoms with E-state index in [-0.39, 0.29) is 0 Å². The molecule has 1 fully saturated rings. The molecule has 0 spiro atoms. The minimum Gasteiger partial charge on any atom is -0.311 e. The van der Waals surface area contributed by atoms with Gasteiger partial charge in [0.1, 0.15) is 0 Å². The largest absolute Gasteiger partial charge is 0.311 e. The van der Waals surface area contributed by atoms with Crippen molar-refractivity contribution in [1.29, 1.82) is 0 Å². The lowest BCUT2D eigenvalue weighted by atomic mass is 10.0. The molecule has 0 aliphatic carbocycles. The van der Waals surface area contributed by atoms with Gasteiger partial charge in [0.2, 0.25) is 0 Å². The van der Waals surface area contributed by atoms with E-state index in [0.29, 0.717) is 12.1 Å². The molecule has 1 aromatic carbocycles. The van der Waals surface area contributed by atoms with Crippen LogP contribution < -0.4 is 5.32 Å². The quantitative estimate of drug-likeness (QED) is 0.884. The molecule has 1 aromatic heterocycles. The lowest BCUT2D eigenvalue weighted by Crippen LogP contribution is -2.55. The molecule has 2 unspecified atom stereocenters. The molecule has 0 bridgehead atoms. The first-order chi connectivity index (χ1) is 10.2. The summed E-state index contributed by atoms with van der Waals surface area (Å²) in [5, 5.41) is 5.79. The zero-order valence-electron chi connectivity index (χ0n) is 12.3. The van der Waals surface area contributed by atoms with Crippen molar-refractivity contribution >= 4 is 27.3 Å². The van der Waals surface area contributed by atoms with Crippen molar-refractivity contribution in [1.82, 2.24) is 10.2 Å². The molecule has 21 heavy (non-hydrogen) atoms. The molecule has 4 heteroatoms. The van der Waals surface area contributed by atoms with Crippen molar-refractivity contribution in [2.75, 3.05) is 13.1 Å². The van der Waals surface area contributed by atoms with Gasteiger partial charge in [0.15, 0.2) is 0 Å². The van der Waals surface area contributed by atoms with Crippen LogP contribution in [0, 0.1) is 0 Å². The second-order valence-corrected chi connectivity index (χ2v) is 7.63. The molecule has 2 aromatic rings. The van der Waals surface area contributed by atoms with Gasteiger partial charge < -0.3 is 5.32 Å². The van der Waals surface area contributed by atoms with E-state index in [9.17, 15) is 0 Å². The predicted molar refractivity (Wildman–Crippen MR) is 93.8 cm³/mol. The number of halogens is 1. The zero-order valence-corrected chi connectivity index (χ0v) is 14.7. The Balaban J connectivity index is 1.72. The summed E-state index contributed by atoms with van der Waals surface area (Å²) >= 11 is 5.51. The summed E-state index contributed by atoms with van der Waals surface area (Å²) in [5.74, 6) is 0. The number of rotatable bonds is 4. The van der Waals surface area contributed by atoms with Gasteiger partial charge in [0.25, 0.3) is 0 Å². The number of nitrogens with zero attached hydrogens (tertiary/aromatic N) is 1. The Hall–Kier alpha value is -0.680. The first kappa shape index (κ1) is 15.2. The monoisotopic (exact) mass is 364 g/mol. The van der Waals surface area contributed by atoms with Crippen LogP contribution in [0.5, 0.6) is 0 Å². The minimum atomic E-state index is 0.566. The molecule has 1 aliphatic heterocycles. The number of nitrogens with one attached hydrogen (secondary N) is 1. The van der Waals surface area contributed by atoms with Gasteiger partial charge in [-0.3, -0.25) is 4.90 Å². The van der Waals surface area contributed by atoms with E-state index in [0.717, 1.165) is 26.1 Å². The standard InChI is InChI=1S/C17H21BrN2S/c1-13-11-20(12-17-16(18)7-8-21-17)15(10-19-13)9-14-5-3-2-4-6-14/h2-8,13,15,19H,9-12H2,1H3. The average molecular weight is 365 g/mol. The van der Waals surface area contributed by atoms with Gasteiger partial charge in [-0.25, -0.2) is 0 Å². The van der Waals surface area contributed by atoms with Gasteiger partial charge in [0, 0.05) is 41.1 Å². The van der Waals surface area contributed by atoms with E-state index in [2.05, 4.69) is 74.8 Å². The van der Waals surface area contributed by atoms with Crippen LogP contribution in [0.1, 0.15) is 17.4 Å². The summed E-state index contributed by atoms with van der Waals surface area (Å²) in [7, 11) is 0. The molecule has 2 atom stereocenters. The van der Waals surface area contributed by atoms with Crippen molar-refractivity contribution < 1.29 is 0 Å². The molecular weight excluding hydrogens is 344 g/mol. The Kier molecular flexibility index (Phi) is 5.11. The highest BCUT2D eigenvalue weighted by molar-refractivity contribution is 9.10. The maximum absolute atomic E-state index is 3.66. The maximum atomic E-state index is 3.66. The smallest absolute Gasteiger partial charge is 0.0343 e. The summed E-state index contributed by atoms with van der Waals surface area (Å²) < 4.78 is 1.25. The molecule has 112 valence electrons. The van der Waals surface area contributed by atoms with Crippen LogP contribution in [0.25, 0.3) is 0 Å². The van der Waals surface area contributed by atoms with Crippen molar-refractivity contribution in [3.63, 3.8) is 0 Å². The lowest BCUT2D eigenvalue weighted by Gasteiger charge is -2.39. The number of piperazine rings is 1. The summed E-state index contributed by atoms with van der Waals surface area (Å²) in [6.07, 6.45) is 1.11. The highest BCUT2D eigenvalue weighted by Gasteiger charge is 2.26. The predicted octanol–water partition coefficient (Wildman–Crippen LogP) is 3.92. The van der Waals surface area contributed by atoms with E-state index in [1.807, 2.05) is 11.3 Å². The molecule has 3 rings (SSSR count). The Morgan fingerprint density at radius 1 is 1.29 bits per heavy atom. The molecule has 2 nitrogen and oxygen atoms in total. The van der Waals surface area contributed by atoms with E-state index in [1.54, 1.807) is 0 Å². The first-order valence-corrected chi connectivity index (χ1v) is 9.13. The van der Waals surface area contributed by atoms with Gasteiger partial charge >= 0.3 is 0 Å². The van der Waals surface area contributed by atoms with Crippen molar-refractivity contribution in [2.45, 2.75) is 32.0 Å². The van der Waals surface area contributed by atoms with Crippen LogP contribution in [-0.2, 0) is 13.0 Å². The molecule has 1 N–H and O–H groups in total. The third-order valence-corrected chi connectivity index (χ3v) is 5.99. The second kappa shape index (κ2) is 7.05. The van der Waals surface area contributed by atoms with E-state index in [1.165, 1.54) is 14.9 Å². The number of thiophene rings is 1. The summed E-state index contributed by atoms with van der Waals surface area (Å²) in [6, 6.07) is 14.1. The third kappa shape index (κ3) is 3.95. The lowest BCUT2D eigenvalue weighted by molar-refractivity contribution is 0.128. The van der Waals surface area contributed by atoms with Crippen molar-refractivity contribution in [3.05, 3.63) is 56.7 Å². The fourth-order valence-corrected chi connectivity index (χ4v) is 4.44. The van der Waals surface area contributed by atoms with Crippen molar-refractivity contribution in [2.24, 2.45) is 0 Å². The van der Waals surface area contributed by atoms with E-state index in [4.69, 9.17) is 0 Å². The number of hydrogen-bond acceptors (Lipinski definition) is 3. The Morgan fingerprint density at radius 3 is 2.81 bits per heavy atom. The second-order valence-electron chi connectivity index (χ2n) is 5.77. The van der Waals surface area contributed by atoms with Crippen LogP contribution in [0.15, 0.2) is 46.3 Å². The topological polar surface area (TPSA) is 15.3 Å². The molecule has 0 amide bonds. The van der Waals surface area contributed by atoms with Gasteiger partial charge in [-0.15, -0.1) is 11.3 Å². The number of hydrogen-bond donors (Lipinski definition) is 1. The maximum Gasteiger partial charge on any atom is 0.0343 e. The highest BCUT2D eigenvalue weighted by Crippen LogP contribution is 2.26. The van der Waals surface area contributed by atoms with E-state index < -0.39 is 0 Å². The Bertz CT molecular complexity index is 569. The molecule has 2 heterocycles. The van der Waals surface area contributed by atoms with Gasteiger partial charge in [-0.2, -0.15) is 0 Å². The SMILES string of the molecule is CC1CN(Cc2sccc2Br)C(Cc2ccccc2)CN1. The first-order valence-electron chi connectivity index (χ1n) is 7.45. The van der Waals surface area contributed by atoms with E-state index >= 15 is 0 Å². The Labute approximate surface area is 139 Å². The van der Waals surface area contributed by atoms with Gasteiger partial charge in [-0.05, 0) is 46.3 Å². The average Bonchev–Trinajstić information content (AvgIpc) is 2.88. The van der Waals surface area contributed by atoms with Gasteiger partial charge in [0.05, 0.1) is 0 Å². The molecule has 1 saturated heterocycles. The fraction of sp³-hybridized carbons (Fsp3) is 0.412. The normalized spacial score (nSPS) is 23.3. The van der Waals surface area contributed by atoms with Gasteiger partial charge in [-0.1, -0.05) is 30.3 Å². The summed E-state index contributed by atoms with van der Waals surface area (Å²) in [4.78, 5) is 4.06. The Morgan fingerprint density at radius 2 is 2.10 bits per heavy atom. The molecular formula is C17H21BrN2S. The third-order valence-electron chi connectivity index (χ3n) is 4.08. The zero-order chi connectivity index (χ0) is 14.7. The highest BCUT2D eigenvalue weighted by atomic mass is 79.9. The number of benzene rings is 1. The fourth-order valence-electron chi connectivity index (χ4n) is 2.94. The molecule has 0 radical (unpaired) electrons. The van der Waals surface area contributed by atoms with Crippen LogP contribution in [0.2, 0.25) is 0 Å². The molecule has 1 aliphatic rings. The summed E-state index contributed by atoms with van der Waals surface area (Å²) in [5.41, 5.74) is 1.43. The molecule has 0 saturated carbocycles. The van der Waals surface area contributed by atoms with Crippen LogP contribution >= 0.6 is 27.3 Å².